The SMILES string of the molecule is CC1CCc2ccccc2N1C(=O)CN1CCCC(c2n[nH]c(=O)o2)C1. The number of piperidine rings is 1. The Kier molecular flexibility index (Phi) is 4.63. The van der Waals surface area contributed by atoms with Crippen LogP contribution in [-0.4, -0.2) is 46.7 Å². The molecule has 2 aliphatic heterocycles. The molecule has 1 amide bonds. The smallest absolute Gasteiger partial charge is 0.392 e. The summed E-state index contributed by atoms with van der Waals surface area (Å²) in [7, 11) is 0. The number of hydrogen-bond donors (Lipinski definition) is 1. The number of nitrogens with one attached hydrogen (secondary N) is 1. The molecule has 1 fully saturated rings. The summed E-state index contributed by atoms with van der Waals surface area (Å²) in [6, 6.07) is 8.39. The highest BCUT2D eigenvalue weighted by Crippen LogP contribution is 2.31. The molecule has 138 valence electrons. The lowest BCUT2D eigenvalue weighted by atomic mass is 9.96. The van der Waals surface area contributed by atoms with Crippen LogP contribution < -0.4 is 10.7 Å². The molecule has 3 heterocycles. The lowest BCUT2D eigenvalue weighted by Gasteiger charge is -2.38. The molecule has 0 aliphatic carbocycles. The van der Waals surface area contributed by atoms with Crippen molar-refractivity contribution in [1.29, 1.82) is 0 Å². The fraction of sp³-hybridized carbons (Fsp3) is 0.526. The largest absolute Gasteiger partial charge is 0.434 e. The summed E-state index contributed by atoms with van der Waals surface area (Å²) < 4.78 is 5.11. The molecule has 1 aromatic carbocycles. The van der Waals surface area contributed by atoms with Crippen LogP contribution in [0.4, 0.5) is 5.69 Å². The number of carbonyl (C=O) groups excluding carboxylic acids is 1. The normalized spacial score (nSPS) is 23.7. The number of hydrogen-bond acceptors (Lipinski definition) is 5. The van der Waals surface area contributed by atoms with Crippen LogP contribution in [0.25, 0.3) is 0 Å². The van der Waals surface area contributed by atoms with E-state index in [4.69, 9.17) is 4.42 Å². The molecule has 0 bridgehead atoms. The van der Waals surface area contributed by atoms with Gasteiger partial charge in [-0.25, -0.2) is 9.89 Å². The van der Waals surface area contributed by atoms with E-state index >= 15 is 0 Å². The van der Waals surface area contributed by atoms with Crippen LogP contribution in [0, 0.1) is 0 Å². The zero-order valence-electron chi connectivity index (χ0n) is 15.0. The monoisotopic (exact) mass is 356 g/mol. The van der Waals surface area contributed by atoms with Gasteiger partial charge in [0, 0.05) is 18.3 Å². The molecule has 1 N–H and O–H groups in total. The average molecular weight is 356 g/mol. The maximum atomic E-state index is 13.1. The number of H-pyrrole nitrogens is 1. The van der Waals surface area contributed by atoms with Gasteiger partial charge in [0.15, 0.2) is 0 Å². The minimum atomic E-state index is -0.521. The number of nitrogens with zero attached hydrogens (tertiary/aromatic N) is 3. The van der Waals surface area contributed by atoms with Gasteiger partial charge in [0.2, 0.25) is 11.8 Å². The topological polar surface area (TPSA) is 82.4 Å². The standard InChI is InChI=1S/C19H24N4O3/c1-13-8-9-14-5-2-3-7-16(14)23(13)17(24)12-22-10-4-6-15(11-22)18-20-21-19(25)26-18/h2-3,5,7,13,15H,4,6,8-12H2,1H3,(H,21,25). The Balaban J connectivity index is 1.47. The predicted octanol–water partition coefficient (Wildman–Crippen LogP) is 1.91. The van der Waals surface area contributed by atoms with Crippen molar-refractivity contribution in [3.63, 3.8) is 0 Å². The molecule has 2 aliphatic rings. The third-order valence-corrected chi connectivity index (χ3v) is 5.46. The van der Waals surface area contributed by atoms with E-state index in [1.54, 1.807) is 0 Å². The number of para-hydroxylation sites is 1. The highest BCUT2D eigenvalue weighted by atomic mass is 16.4. The molecular formula is C19H24N4O3. The van der Waals surface area contributed by atoms with E-state index < -0.39 is 5.76 Å². The summed E-state index contributed by atoms with van der Waals surface area (Å²) in [6.45, 7) is 4.05. The summed E-state index contributed by atoms with van der Waals surface area (Å²) in [5.41, 5.74) is 2.29. The number of aromatic amines is 1. The van der Waals surface area contributed by atoms with Crippen molar-refractivity contribution in [2.75, 3.05) is 24.5 Å². The molecule has 1 aromatic heterocycles. The van der Waals surface area contributed by atoms with Gasteiger partial charge in [0.05, 0.1) is 12.5 Å². The van der Waals surface area contributed by atoms with Gasteiger partial charge >= 0.3 is 5.76 Å². The van der Waals surface area contributed by atoms with Gasteiger partial charge < -0.3 is 9.32 Å². The summed E-state index contributed by atoms with van der Waals surface area (Å²) in [6.07, 6.45) is 3.89. The highest BCUT2D eigenvalue weighted by molar-refractivity contribution is 5.96. The lowest BCUT2D eigenvalue weighted by Crippen LogP contribution is -2.48. The predicted molar refractivity (Wildman–Crippen MR) is 97.2 cm³/mol. The van der Waals surface area contributed by atoms with Gasteiger partial charge in [-0.05, 0) is 50.8 Å². The first-order valence-corrected chi connectivity index (χ1v) is 9.29. The molecule has 1 saturated heterocycles. The Morgan fingerprint density at radius 1 is 1.35 bits per heavy atom. The van der Waals surface area contributed by atoms with E-state index in [9.17, 15) is 9.59 Å². The second-order valence-electron chi connectivity index (χ2n) is 7.31. The highest BCUT2D eigenvalue weighted by Gasteiger charge is 2.31. The Bertz CT molecular complexity index is 843. The first kappa shape index (κ1) is 17.0. The molecule has 0 saturated carbocycles. The lowest BCUT2D eigenvalue weighted by molar-refractivity contribution is -0.120. The summed E-state index contributed by atoms with van der Waals surface area (Å²) in [5, 5.41) is 6.28. The van der Waals surface area contributed by atoms with E-state index in [0.29, 0.717) is 19.0 Å². The first-order valence-electron chi connectivity index (χ1n) is 9.29. The van der Waals surface area contributed by atoms with Crippen LogP contribution in [0.2, 0.25) is 0 Å². The van der Waals surface area contributed by atoms with Crippen LogP contribution in [0.15, 0.2) is 33.5 Å². The number of fused-ring (bicyclic) bond motifs is 1. The molecule has 26 heavy (non-hydrogen) atoms. The number of likely N-dealkylation sites (tertiary alicyclic amines) is 1. The summed E-state index contributed by atoms with van der Waals surface area (Å²) in [4.78, 5) is 28.4. The molecule has 2 aromatic rings. The van der Waals surface area contributed by atoms with Crippen molar-refractivity contribution >= 4 is 11.6 Å². The second-order valence-corrected chi connectivity index (χ2v) is 7.31. The number of amides is 1. The number of aryl methyl sites for hydroxylation is 1. The van der Waals surface area contributed by atoms with Crippen molar-refractivity contribution in [3.05, 3.63) is 46.3 Å². The second kappa shape index (κ2) is 7.07. The maximum absolute atomic E-state index is 13.1. The van der Waals surface area contributed by atoms with Crippen molar-refractivity contribution in [3.8, 4) is 0 Å². The van der Waals surface area contributed by atoms with Crippen LogP contribution in [-0.2, 0) is 11.2 Å². The van der Waals surface area contributed by atoms with Gasteiger partial charge in [0.25, 0.3) is 0 Å². The average Bonchev–Trinajstić information content (AvgIpc) is 3.08. The van der Waals surface area contributed by atoms with Gasteiger partial charge in [0.1, 0.15) is 0 Å². The van der Waals surface area contributed by atoms with Crippen molar-refractivity contribution < 1.29 is 9.21 Å². The number of rotatable bonds is 3. The molecule has 4 rings (SSSR count). The van der Waals surface area contributed by atoms with Crippen LogP contribution in [0.3, 0.4) is 0 Å². The van der Waals surface area contributed by atoms with E-state index in [1.165, 1.54) is 5.56 Å². The molecule has 0 radical (unpaired) electrons. The van der Waals surface area contributed by atoms with Crippen molar-refractivity contribution in [2.24, 2.45) is 0 Å². The van der Waals surface area contributed by atoms with Crippen molar-refractivity contribution in [1.82, 2.24) is 15.1 Å². The summed E-state index contributed by atoms with van der Waals surface area (Å²) in [5.74, 6) is 0.117. The van der Waals surface area contributed by atoms with Gasteiger partial charge in [-0.2, -0.15) is 0 Å². The number of aromatic nitrogens is 2. The van der Waals surface area contributed by atoms with Gasteiger partial charge in [-0.3, -0.25) is 9.69 Å². The van der Waals surface area contributed by atoms with Crippen molar-refractivity contribution in [2.45, 2.75) is 44.6 Å². The van der Waals surface area contributed by atoms with E-state index in [1.807, 2.05) is 23.1 Å². The van der Waals surface area contributed by atoms with Gasteiger partial charge in [-0.15, -0.1) is 5.10 Å². The van der Waals surface area contributed by atoms with Crippen LogP contribution in [0.5, 0.6) is 0 Å². The Morgan fingerprint density at radius 3 is 3.00 bits per heavy atom. The van der Waals surface area contributed by atoms with Gasteiger partial charge in [-0.1, -0.05) is 18.2 Å². The third-order valence-electron chi connectivity index (χ3n) is 5.46. The fourth-order valence-electron chi connectivity index (χ4n) is 4.15. The quantitative estimate of drug-likeness (QED) is 0.908. The zero-order chi connectivity index (χ0) is 18.1. The minimum Gasteiger partial charge on any atom is -0.392 e. The molecule has 7 heteroatoms. The van der Waals surface area contributed by atoms with E-state index in [0.717, 1.165) is 37.9 Å². The summed E-state index contributed by atoms with van der Waals surface area (Å²) >= 11 is 0. The minimum absolute atomic E-state index is 0.0570. The Hall–Kier alpha value is -2.41. The molecular weight excluding hydrogens is 332 g/mol. The van der Waals surface area contributed by atoms with E-state index in [-0.39, 0.29) is 17.9 Å². The Morgan fingerprint density at radius 2 is 2.19 bits per heavy atom. The zero-order valence-corrected chi connectivity index (χ0v) is 15.0. The number of carbonyl (C=O) groups is 1. The number of benzene rings is 1. The van der Waals surface area contributed by atoms with Crippen LogP contribution >= 0.6 is 0 Å². The molecule has 7 nitrogen and oxygen atoms in total. The maximum Gasteiger partial charge on any atom is 0.434 e. The van der Waals surface area contributed by atoms with E-state index in [2.05, 4.69) is 28.1 Å². The fourth-order valence-corrected chi connectivity index (χ4v) is 4.15. The molecule has 2 atom stereocenters. The Labute approximate surface area is 152 Å². The first-order chi connectivity index (χ1) is 12.6. The number of anilines is 1. The third kappa shape index (κ3) is 3.31. The molecule has 0 spiro atoms. The molecule has 2 unspecified atom stereocenters. The van der Waals surface area contributed by atoms with Crippen LogP contribution in [0.1, 0.15) is 43.6 Å².